The molecular formula is C18H25N3. The summed E-state index contributed by atoms with van der Waals surface area (Å²) in [4.78, 5) is 8.77. The molecule has 0 atom stereocenters. The Bertz CT molecular complexity index is 502. The Kier molecular flexibility index (Phi) is 6.20. The molecular weight excluding hydrogens is 258 g/mol. The van der Waals surface area contributed by atoms with Gasteiger partial charge in [0, 0.05) is 12.4 Å². The van der Waals surface area contributed by atoms with Gasteiger partial charge in [-0.3, -0.25) is 0 Å². The number of unbranched alkanes of at least 4 members (excludes halogenated alkanes) is 2. The van der Waals surface area contributed by atoms with E-state index in [1.807, 2.05) is 12.4 Å². The lowest BCUT2D eigenvalue weighted by Crippen LogP contribution is -1.98. The molecule has 2 rings (SSSR count). The fraction of sp³-hybridized carbons (Fsp3) is 0.444. The first kappa shape index (κ1) is 15.5. The van der Waals surface area contributed by atoms with E-state index in [1.165, 1.54) is 36.8 Å². The standard InChI is InChI=1S/C18H25N3/c1-3-5-7-15-9-11-19-17(13-15)21-18-14-16(8-6-4-2)10-12-20-18/h9-14H,3-8H2,1-2H3,(H,19,20,21). The first-order valence-corrected chi connectivity index (χ1v) is 7.98. The molecule has 2 heterocycles. The summed E-state index contributed by atoms with van der Waals surface area (Å²) in [5.74, 6) is 1.76. The minimum Gasteiger partial charge on any atom is -0.325 e. The summed E-state index contributed by atoms with van der Waals surface area (Å²) < 4.78 is 0. The van der Waals surface area contributed by atoms with E-state index >= 15 is 0 Å². The summed E-state index contributed by atoms with van der Waals surface area (Å²) in [5.41, 5.74) is 2.66. The van der Waals surface area contributed by atoms with Crippen LogP contribution in [0.25, 0.3) is 0 Å². The molecule has 112 valence electrons. The number of nitrogens with zero attached hydrogens (tertiary/aromatic N) is 2. The van der Waals surface area contributed by atoms with Crippen molar-refractivity contribution in [3.63, 3.8) is 0 Å². The summed E-state index contributed by atoms with van der Waals surface area (Å²) >= 11 is 0. The molecule has 1 N–H and O–H groups in total. The van der Waals surface area contributed by atoms with Crippen LogP contribution in [0.4, 0.5) is 11.6 Å². The van der Waals surface area contributed by atoms with Gasteiger partial charge in [0.25, 0.3) is 0 Å². The minimum absolute atomic E-state index is 0.878. The molecule has 0 bridgehead atoms. The number of pyridine rings is 2. The third-order valence-corrected chi connectivity index (χ3v) is 3.54. The zero-order chi connectivity index (χ0) is 14.9. The molecule has 21 heavy (non-hydrogen) atoms. The third-order valence-electron chi connectivity index (χ3n) is 3.54. The summed E-state index contributed by atoms with van der Waals surface area (Å²) in [6.07, 6.45) is 10.8. The highest BCUT2D eigenvalue weighted by molar-refractivity contribution is 5.53. The van der Waals surface area contributed by atoms with Gasteiger partial charge in [0.05, 0.1) is 0 Å². The van der Waals surface area contributed by atoms with Crippen molar-refractivity contribution in [2.75, 3.05) is 5.32 Å². The first-order chi connectivity index (χ1) is 10.3. The van der Waals surface area contributed by atoms with Gasteiger partial charge in [-0.15, -0.1) is 0 Å². The number of anilines is 2. The van der Waals surface area contributed by atoms with Crippen molar-refractivity contribution in [1.29, 1.82) is 0 Å². The normalized spacial score (nSPS) is 10.6. The maximum atomic E-state index is 4.38. The van der Waals surface area contributed by atoms with Gasteiger partial charge in [-0.25, -0.2) is 9.97 Å². The summed E-state index contributed by atoms with van der Waals surface area (Å²) in [7, 11) is 0. The number of aryl methyl sites for hydroxylation is 2. The molecule has 0 saturated carbocycles. The van der Waals surface area contributed by atoms with Gasteiger partial charge in [-0.1, -0.05) is 26.7 Å². The van der Waals surface area contributed by atoms with Crippen LogP contribution in [0.1, 0.15) is 50.7 Å². The summed E-state index contributed by atoms with van der Waals surface area (Å²) in [6.45, 7) is 4.43. The van der Waals surface area contributed by atoms with Crippen LogP contribution >= 0.6 is 0 Å². The molecule has 0 amide bonds. The third kappa shape index (κ3) is 5.18. The Morgan fingerprint density at radius 1 is 0.810 bits per heavy atom. The molecule has 0 aliphatic rings. The predicted octanol–water partition coefficient (Wildman–Crippen LogP) is 4.91. The van der Waals surface area contributed by atoms with Crippen LogP contribution in [-0.2, 0) is 12.8 Å². The number of nitrogens with one attached hydrogen (secondary N) is 1. The molecule has 2 aromatic rings. The van der Waals surface area contributed by atoms with E-state index in [0.29, 0.717) is 0 Å². The Balaban J connectivity index is 2.03. The second-order valence-corrected chi connectivity index (χ2v) is 5.43. The first-order valence-electron chi connectivity index (χ1n) is 7.98. The van der Waals surface area contributed by atoms with Gasteiger partial charge >= 0.3 is 0 Å². The van der Waals surface area contributed by atoms with Crippen molar-refractivity contribution in [3.05, 3.63) is 47.8 Å². The van der Waals surface area contributed by atoms with Crippen molar-refractivity contribution in [3.8, 4) is 0 Å². The number of hydrogen-bond acceptors (Lipinski definition) is 3. The highest BCUT2D eigenvalue weighted by Gasteiger charge is 2.01. The van der Waals surface area contributed by atoms with Crippen molar-refractivity contribution in [2.45, 2.75) is 52.4 Å². The monoisotopic (exact) mass is 283 g/mol. The second-order valence-electron chi connectivity index (χ2n) is 5.43. The van der Waals surface area contributed by atoms with Crippen molar-refractivity contribution < 1.29 is 0 Å². The molecule has 0 fully saturated rings. The zero-order valence-corrected chi connectivity index (χ0v) is 13.1. The van der Waals surface area contributed by atoms with Gasteiger partial charge in [0.2, 0.25) is 0 Å². The Labute approximate surface area is 127 Å². The lowest BCUT2D eigenvalue weighted by molar-refractivity contribution is 0.793. The van der Waals surface area contributed by atoms with Gasteiger partial charge in [-0.05, 0) is 61.1 Å². The smallest absolute Gasteiger partial charge is 0.131 e. The fourth-order valence-electron chi connectivity index (χ4n) is 2.29. The average Bonchev–Trinajstić information content (AvgIpc) is 2.52. The van der Waals surface area contributed by atoms with Crippen molar-refractivity contribution in [2.24, 2.45) is 0 Å². The van der Waals surface area contributed by atoms with E-state index < -0.39 is 0 Å². The molecule has 0 aliphatic carbocycles. The van der Waals surface area contributed by atoms with Crippen molar-refractivity contribution >= 4 is 11.6 Å². The average molecular weight is 283 g/mol. The molecule has 0 aliphatic heterocycles. The Hall–Kier alpha value is -1.90. The van der Waals surface area contributed by atoms with Crippen LogP contribution in [0.3, 0.4) is 0 Å². The van der Waals surface area contributed by atoms with E-state index in [-0.39, 0.29) is 0 Å². The molecule has 0 radical (unpaired) electrons. The lowest BCUT2D eigenvalue weighted by atomic mass is 10.1. The Morgan fingerprint density at radius 3 is 1.71 bits per heavy atom. The lowest BCUT2D eigenvalue weighted by Gasteiger charge is -2.08. The largest absolute Gasteiger partial charge is 0.325 e. The van der Waals surface area contributed by atoms with E-state index in [2.05, 4.69) is 53.4 Å². The quantitative estimate of drug-likeness (QED) is 0.748. The van der Waals surface area contributed by atoms with Crippen LogP contribution in [0.5, 0.6) is 0 Å². The highest BCUT2D eigenvalue weighted by atomic mass is 15.0. The summed E-state index contributed by atoms with van der Waals surface area (Å²) in [6, 6.07) is 8.42. The molecule has 0 aromatic carbocycles. The number of rotatable bonds is 8. The van der Waals surface area contributed by atoms with Crippen LogP contribution in [0, 0.1) is 0 Å². The van der Waals surface area contributed by atoms with Gasteiger partial charge in [-0.2, -0.15) is 0 Å². The van der Waals surface area contributed by atoms with Crippen LogP contribution in [0.2, 0.25) is 0 Å². The maximum Gasteiger partial charge on any atom is 0.131 e. The molecule has 0 unspecified atom stereocenters. The predicted molar refractivity (Wildman–Crippen MR) is 89.0 cm³/mol. The SMILES string of the molecule is CCCCc1ccnc(Nc2cc(CCCC)ccn2)c1. The molecule has 2 aromatic heterocycles. The Morgan fingerprint density at radius 2 is 1.29 bits per heavy atom. The molecule has 0 spiro atoms. The number of hydrogen-bond donors (Lipinski definition) is 1. The van der Waals surface area contributed by atoms with E-state index in [1.54, 1.807) is 0 Å². The molecule has 0 saturated heterocycles. The van der Waals surface area contributed by atoms with Gasteiger partial charge in [0.1, 0.15) is 11.6 Å². The van der Waals surface area contributed by atoms with Gasteiger partial charge < -0.3 is 5.32 Å². The van der Waals surface area contributed by atoms with Gasteiger partial charge in [0.15, 0.2) is 0 Å². The highest BCUT2D eigenvalue weighted by Crippen LogP contribution is 2.16. The molecule has 3 nitrogen and oxygen atoms in total. The van der Waals surface area contributed by atoms with Crippen LogP contribution in [0.15, 0.2) is 36.7 Å². The minimum atomic E-state index is 0.878. The molecule has 3 heteroatoms. The maximum absolute atomic E-state index is 4.38. The summed E-state index contributed by atoms with van der Waals surface area (Å²) in [5, 5.41) is 3.32. The van der Waals surface area contributed by atoms with E-state index in [0.717, 1.165) is 24.5 Å². The van der Waals surface area contributed by atoms with Crippen LogP contribution in [-0.4, -0.2) is 9.97 Å². The van der Waals surface area contributed by atoms with E-state index in [9.17, 15) is 0 Å². The fourth-order valence-corrected chi connectivity index (χ4v) is 2.29. The van der Waals surface area contributed by atoms with E-state index in [4.69, 9.17) is 0 Å². The zero-order valence-electron chi connectivity index (χ0n) is 13.1. The van der Waals surface area contributed by atoms with Crippen LogP contribution < -0.4 is 5.32 Å². The number of aromatic nitrogens is 2. The second kappa shape index (κ2) is 8.40. The van der Waals surface area contributed by atoms with Crippen molar-refractivity contribution in [1.82, 2.24) is 9.97 Å². The topological polar surface area (TPSA) is 37.8 Å².